The lowest BCUT2D eigenvalue weighted by Crippen LogP contribution is -2.14. The van der Waals surface area contributed by atoms with Gasteiger partial charge in [0.25, 0.3) is 11.8 Å². The molecule has 2 amide bonds. The fraction of sp³-hybridized carbons (Fsp3) is 0.0400. The summed E-state index contributed by atoms with van der Waals surface area (Å²) >= 11 is 0. The minimum atomic E-state index is -0.254. The molecule has 0 spiro atoms. The topological polar surface area (TPSA) is 96.0 Å². The van der Waals surface area contributed by atoms with E-state index in [2.05, 4.69) is 25.9 Å². The van der Waals surface area contributed by atoms with Crippen LogP contribution >= 0.6 is 0 Å². The van der Waals surface area contributed by atoms with E-state index in [1.54, 1.807) is 61.2 Å². The van der Waals surface area contributed by atoms with Gasteiger partial charge in [0.2, 0.25) is 0 Å². The molecule has 0 aliphatic heterocycles. The second kappa shape index (κ2) is 9.53. The predicted molar refractivity (Wildman–Crippen MR) is 125 cm³/mol. The maximum Gasteiger partial charge on any atom is 0.255 e. The summed E-state index contributed by atoms with van der Waals surface area (Å²) in [5, 5.41) is 9.01. The Morgan fingerprint density at radius 3 is 1.66 bits per heavy atom. The summed E-state index contributed by atoms with van der Waals surface area (Å²) in [4.78, 5) is 32.9. The van der Waals surface area contributed by atoms with E-state index in [1.807, 2.05) is 37.3 Å². The predicted octanol–water partition coefficient (Wildman–Crippen LogP) is 5.03. The van der Waals surface area contributed by atoms with E-state index in [4.69, 9.17) is 0 Å². The SMILES string of the molecule is Cc1cc(NC(=O)c2ccc(C(=O)Nc3ccncc3)cc2)ccc1Nc1ccncc1. The molecule has 0 bridgehead atoms. The number of carbonyl (C=O) groups excluding carboxylic acids is 2. The molecule has 2 aromatic heterocycles. The normalized spacial score (nSPS) is 10.3. The zero-order chi connectivity index (χ0) is 22.3. The summed E-state index contributed by atoms with van der Waals surface area (Å²) in [6.07, 6.45) is 6.65. The van der Waals surface area contributed by atoms with Crippen LogP contribution in [0.1, 0.15) is 26.3 Å². The summed E-state index contributed by atoms with van der Waals surface area (Å²) in [7, 11) is 0. The van der Waals surface area contributed by atoms with Crippen molar-refractivity contribution in [1.82, 2.24) is 9.97 Å². The highest BCUT2D eigenvalue weighted by Crippen LogP contribution is 2.23. The molecule has 7 heteroatoms. The van der Waals surface area contributed by atoms with Gasteiger partial charge in [-0.25, -0.2) is 0 Å². The van der Waals surface area contributed by atoms with E-state index in [0.717, 1.165) is 16.9 Å². The Morgan fingerprint density at radius 1 is 0.625 bits per heavy atom. The number of aromatic nitrogens is 2. The van der Waals surface area contributed by atoms with Crippen molar-refractivity contribution in [2.75, 3.05) is 16.0 Å². The Balaban J connectivity index is 1.39. The maximum absolute atomic E-state index is 12.6. The Hall–Kier alpha value is -4.52. The molecule has 2 aromatic carbocycles. The third-order valence-electron chi connectivity index (χ3n) is 4.79. The van der Waals surface area contributed by atoms with Gasteiger partial charge in [-0.15, -0.1) is 0 Å². The zero-order valence-electron chi connectivity index (χ0n) is 17.4. The molecular weight excluding hydrogens is 402 g/mol. The van der Waals surface area contributed by atoms with Gasteiger partial charge in [0.05, 0.1) is 0 Å². The zero-order valence-corrected chi connectivity index (χ0v) is 17.4. The largest absolute Gasteiger partial charge is 0.355 e. The molecule has 0 aliphatic rings. The Kier molecular flexibility index (Phi) is 6.17. The number of benzene rings is 2. The minimum Gasteiger partial charge on any atom is -0.355 e. The van der Waals surface area contributed by atoms with E-state index in [-0.39, 0.29) is 11.8 Å². The smallest absolute Gasteiger partial charge is 0.255 e. The van der Waals surface area contributed by atoms with Crippen molar-refractivity contribution in [3.05, 3.63) is 108 Å². The van der Waals surface area contributed by atoms with E-state index in [1.165, 1.54) is 0 Å². The van der Waals surface area contributed by atoms with Crippen LogP contribution in [0.4, 0.5) is 22.7 Å². The number of carbonyl (C=O) groups is 2. The number of pyridine rings is 2. The van der Waals surface area contributed by atoms with Crippen LogP contribution in [0.25, 0.3) is 0 Å². The number of hydrogen-bond acceptors (Lipinski definition) is 5. The molecule has 0 saturated heterocycles. The van der Waals surface area contributed by atoms with Crippen LogP contribution in [0, 0.1) is 6.92 Å². The van der Waals surface area contributed by atoms with Crippen LogP contribution in [0.5, 0.6) is 0 Å². The van der Waals surface area contributed by atoms with Crippen LogP contribution in [-0.2, 0) is 0 Å². The highest BCUT2D eigenvalue weighted by Gasteiger charge is 2.10. The average Bonchev–Trinajstić information content (AvgIpc) is 2.82. The highest BCUT2D eigenvalue weighted by molar-refractivity contribution is 6.07. The second-order valence-corrected chi connectivity index (χ2v) is 7.11. The summed E-state index contributed by atoms with van der Waals surface area (Å²) in [6.45, 7) is 1.97. The van der Waals surface area contributed by atoms with E-state index >= 15 is 0 Å². The van der Waals surface area contributed by atoms with E-state index < -0.39 is 0 Å². The minimum absolute atomic E-state index is 0.250. The van der Waals surface area contributed by atoms with Crippen LogP contribution in [0.3, 0.4) is 0 Å². The van der Waals surface area contributed by atoms with Gasteiger partial charge in [-0.3, -0.25) is 19.6 Å². The van der Waals surface area contributed by atoms with Gasteiger partial charge in [0.15, 0.2) is 0 Å². The number of anilines is 4. The quantitative estimate of drug-likeness (QED) is 0.404. The molecule has 0 fully saturated rings. The first kappa shape index (κ1) is 20.7. The molecule has 0 aliphatic carbocycles. The molecular formula is C25H21N5O2. The van der Waals surface area contributed by atoms with Crippen LogP contribution in [0.15, 0.2) is 91.5 Å². The molecule has 0 atom stereocenters. The number of rotatable bonds is 6. The fourth-order valence-electron chi connectivity index (χ4n) is 3.09. The molecule has 0 saturated carbocycles. The lowest BCUT2D eigenvalue weighted by Gasteiger charge is -2.12. The molecule has 158 valence electrons. The van der Waals surface area contributed by atoms with Gasteiger partial charge in [0, 0.05) is 58.7 Å². The maximum atomic E-state index is 12.6. The molecule has 32 heavy (non-hydrogen) atoms. The Morgan fingerprint density at radius 2 is 1.12 bits per heavy atom. The third-order valence-corrected chi connectivity index (χ3v) is 4.79. The Labute approximate surface area is 185 Å². The molecule has 3 N–H and O–H groups in total. The molecule has 4 aromatic rings. The van der Waals surface area contributed by atoms with Crippen LogP contribution in [0.2, 0.25) is 0 Å². The third kappa shape index (κ3) is 5.14. The number of nitrogens with zero attached hydrogens (tertiary/aromatic N) is 2. The average molecular weight is 423 g/mol. The number of nitrogens with one attached hydrogen (secondary N) is 3. The standard InChI is InChI=1S/C25H21N5O2/c1-17-16-22(6-7-23(17)28-20-8-12-26-13-9-20)30-25(32)19-4-2-18(3-5-19)24(31)29-21-10-14-27-15-11-21/h2-16H,1H3,(H,26,28)(H,30,32)(H,27,29,31). The fourth-order valence-corrected chi connectivity index (χ4v) is 3.09. The monoisotopic (exact) mass is 423 g/mol. The van der Waals surface area contributed by atoms with Gasteiger partial charge in [-0.2, -0.15) is 0 Å². The van der Waals surface area contributed by atoms with Crippen molar-refractivity contribution < 1.29 is 9.59 Å². The van der Waals surface area contributed by atoms with Gasteiger partial charge in [-0.05, 0) is 79.2 Å². The van der Waals surface area contributed by atoms with Crippen molar-refractivity contribution in [2.24, 2.45) is 0 Å². The van der Waals surface area contributed by atoms with Gasteiger partial charge >= 0.3 is 0 Å². The van der Waals surface area contributed by atoms with Crippen molar-refractivity contribution >= 4 is 34.6 Å². The summed E-state index contributed by atoms with van der Waals surface area (Å²) in [6, 6.07) is 19.3. The lowest BCUT2D eigenvalue weighted by atomic mass is 10.1. The highest BCUT2D eigenvalue weighted by atomic mass is 16.2. The van der Waals surface area contributed by atoms with Crippen LogP contribution in [-0.4, -0.2) is 21.8 Å². The summed E-state index contributed by atoms with van der Waals surface area (Å²) in [5.74, 6) is -0.503. The summed E-state index contributed by atoms with van der Waals surface area (Å²) < 4.78 is 0. The molecule has 0 unspecified atom stereocenters. The van der Waals surface area contributed by atoms with Crippen molar-refractivity contribution in [3.8, 4) is 0 Å². The molecule has 0 radical (unpaired) electrons. The number of aryl methyl sites for hydroxylation is 1. The first-order chi connectivity index (χ1) is 15.6. The van der Waals surface area contributed by atoms with Gasteiger partial charge in [0.1, 0.15) is 0 Å². The molecule has 4 rings (SSSR count). The van der Waals surface area contributed by atoms with Crippen molar-refractivity contribution in [3.63, 3.8) is 0 Å². The second-order valence-electron chi connectivity index (χ2n) is 7.11. The first-order valence-electron chi connectivity index (χ1n) is 9.99. The van der Waals surface area contributed by atoms with Crippen molar-refractivity contribution in [2.45, 2.75) is 6.92 Å². The number of hydrogen-bond donors (Lipinski definition) is 3. The first-order valence-corrected chi connectivity index (χ1v) is 9.99. The van der Waals surface area contributed by atoms with Crippen LogP contribution < -0.4 is 16.0 Å². The Bertz CT molecular complexity index is 1230. The van der Waals surface area contributed by atoms with Crippen molar-refractivity contribution in [1.29, 1.82) is 0 Å². The van der Waals surface area contributed by atoms with Gasteiger partial charge < -0.3 is 16.0 Å². The lowest BCUT2D eigenvalue weighted by molar-refractivity contribution is 0.101. The number of amides is 2. The van der Waals surface area contributed by atoms with Gasteiger partial charge in [-0.1, -0.05) is 0 Å². The summed E-state index contributed by atoms with van der Waals surface area (Å²) in [5.41, 5.74) is 5.13. The van der Waals surface area contributed by atoms with E-state index in [9.17, 15) is 9.59 Å². The molecule has 7 nitrogen and oxygen atoms in total. The van der Waals surface area contributed by atoms with E-state index in [0.29, 0.717) is 22.5 Å². The molecule has 2 heterocycles.